The van der Waals surface area contributed by atoms with E-state index in [0.717, 1.165) is 11.3 Å². The maximum absolute atomic E-state index is 7.82. The number of aromatic nitrogens is 2. The van der Waals surface area contributed by atoms with Crippen molar-refractivity contribution in [1.29, 1.82) is 0 Å². The molecular weight excluding hydrogens is 718 g/mol. The van der Waals surface area contributed by atoms with Crippen LogP contribution in [-0.2, 0) is 10.8 Å². The van der Waals surface area contributed by atoms with E-state index in [2.05, 4.69) is 185 Å². The third-order valence-corrected chi connectivity index (χ3v) is 14.7. The summed E-state index contributed by atoms with van der Waals surface area (Å²) in [5, 5.41) is 5.31. The minimum atomic E-state index is -0.197. The van der Waals surface area contributed by atoms with Gasteiger partial charge in [0.05, 0.1) is 22.4 Å². The molecule has 6 aromatic carbocycles. The molecular formula is C52H46B2N4O. The molecule has 0 amide bonds. The van der Waals surface area contributed by atoms with E-state index in [9.17, 15) is 0 Å². The van der Waals surface area contributed by atoms with Gasteiger partial charge in [-0.05, 0) is 108 Å². The molecule has 7 heterocycles. The highest BCUT2D eigenvalue weighted by atomic mass is 16.3. The van der Waals surface area contributed by atoms with Crippen LogP contribution in [0.5, 0.6) is 0 Å². The van der Waals surface area contributed by atoms with E-state index in [-0.39, 0.29) is 24.8 Å². The molecule has 286 valence electrons. The molecule has 5 nitrogen and oxygen atoms in total. The summed E-state index contributed by atoms with van der Waals surface area (Å²) in [6.45, 7) is 22.7. The number of rotatable bonds is 0. The van der Waals surface area contributed by atoms with Crippen LogP contribution < -0.4 is 20.9 Å². The molecule has 0 atom stereocenters. The van der Waals surface area contributed by atoms with Crippen LogP contribution in [0.25, 0.3) is 65.9 Å². The van der Waals surface area contributed by atoms with Crippen LogP contribution in [0.2, 0.25) is 0 Å². The topological polar surface area (TPSA) is 29.5 Å². The maximum Gasteiger partial charge on any atom is 0.459 e. The molecule has 4 aliphatic heterocycles. The highest BCUT2D eigenvalue weighted by Gasteiger charge is 2.55. The Labute approximate surface area is 346 Å². The molecule has 0 saturated carbocycles. The average Bonchev–Trinajstić information content (AvgIpc) is 4.00. The van der Waals surface area contributed by atoms with Gasteiger partial charge in [-0.25, -0.2) is 0 Å². The normalized spacial score (nSPS) is 14.8. The lowest BCUT2D eigenvalue weighted by atomic mass is 9.61. The van der Waals surface area contributed by atoms with Gasteiger partial charge in [0.2, 0.25) is 0 Å². The van der Waals surface area contributed by atoms with Gasteiger partial charge < -0.3 is 23.0 Å². The standard InChI is InChI=1S/C52H46B2N4O/c1-27-23-41-47-43(29(27)3)33-15-11-13-17-37(33)57(47)53-49-45(35-21-19-31(51(5,6)7)25-39(35)55(41)53)46-36-22-20-32(52(8,9)10)26-40(36)56-42-24-28(2)30(4)44-34-16-12-14-18-38(34)58(48(42)44)54(56)50(46)59-49/h11-26H,1-10H3. The molecule has 9 aromatic rings. The maximum atomic E-state index is 7.82. The van der Waals surface area contributed by atoms with Gasteiger partial charge in [-0.15, -0.1) is 0 Å². The second-order valence-corrected chi connectivity index (χ2v) is 19.9. The first kappa shape index (κ1) is 33.9. The summed E-state index contributed by atoms with van der Waals surface area (Å²) in [7, 11) is 0. The Bertz CT molecular complexity index is 3210. The second-order valence-electron chi connectivity index (χ2n) is 19.9. The SMILES string of the molecule is Cc1cc2c3c(c1C)c1ccccc1n3B1c3oc4c(c3-c3ccc(C(C)(C)C)cc3N12)-c1ccc(C(C)(C)C)cc1N1B4n2c3ccccc3c3c(C)c(C)cc1c32. The smallest absolute Gasteiger partial charge is 0.459 e. The predicted molar refractivity (Wildman–Crippen MR) is 251 cm³/mol. The fourth-order valence-corrected chi connectivity index (χ4v) is 11.5. The quantitative estimate of drug-likeness (QED) is 0.144. The van der Waals surface area contributed by atoms with E-state index in [4.69, 9.17) is 4.42 Å². The van der Waals surface area contributed by atoms with E-state index >= 15 is 0 Å². The largest absolute Gasteiger partial charge is 0.474 e. The van der Waals surface area contributed by atoms with E-state index in [1.165, 1.54) is 122 Å². The van der Waals surface area contributed by atoms with Gasteiger partial charge in [0.25, 0.3) is 0 Å². The lowest BCUT2D eigenvalue weighted by molar-refractivity contribution is 0.590. The van der Waals surface area contributed by atoms with Crippen LogP contribution >= 0.6 is 0 Å². The van der Waals surface area contributed by atoms with Crippen molar-refractivity contribution in [2.45, 2.75) is 80.1 Å². The van der Waals surface area contributed by atoms with Crippen molar-refractivity contribution < 1.29 is 4.42 Å². The van der Waals surface area contributed by atoms with Crippen molar-refractivity contribution in [3.8, 4) is 22.3 Å². The zero-order valence-corrected chi connectivity index (χ0v) is 35.6. The number of hydrogen-bond donors (Lipinski definition) is 0. The third-order valence-electron chi connectivity index (χ3n) is 14.7. The zero-order chi connectivity index (χ0) is 40.3. The summed E-state index contributed by atoms with van der Waals surface area (Å²) in [5.41, 5.74) is 25.0. The van der Waals surface area contributed by atoms with Crippen LogP contribution in [0.4, 0.5) is 22.7 Å². The Balaban J connectivity index is 1.20. The molecule has 59 heavy (non-hydrogen) atoms. The molecule has 0 spiro atoms. The molecule has 0 aliphatic carbocycles. The molecule has 0 radical (unpaired) electrons. The molecule has 0 bridgehead atoms. The van der Waals surface area contributed by atoms with E-state index in [1.54, 1.807) is 0 Å². The number of anilines is 4. The van der Waals surface area contributed by atoms with Gasteiger partial charge in [-0.3, -0.25) is 0 Å². The van der Waals surface area contributed by atoms with Gasteiger partial charge in [0.15, 0.2) is 0 Å². The molecule has 0 unspecified atom stereocenters. The van der Waals surface area contributed by atoms with E-state index in [0.29, 0.717) is 0 Å². The Kier molecular flexibility index (Phi) is 6.06. The number of para-hydroxylation sites is 2. The van der Waals surface area contributed by atoms with Gasteiger partial charge in [-0.2, -0.15) is 0 Å². The third kappa shape index (κ3) is 3.91. The molecule has 0 saturated heterocycles. The molecule has 7 heteroatoms. The Morgan fingerprint density at radius 2 is 0.881 bits per heavy atom. The summed E-state index contributed by atoms with van der Waals surface area (Å²) in [4.78, 5) is 5.23. The number of furan rings is 1. The highest BCUT2D eigenvalue weighted by Crippen LogP contribution is 2.57. The minimum absolute atomic E-state index is 0.0237. The Morgan fingerprint density at radius 1 is 0.475 bits per heavy atom. The molecule has 13 rings (SSSR count). The molecule has 0 N–H and O–H groups in total. The monoisotopic (exact) mass is 764 g/mol. The number of aryl methyl sites for hydroxylation is 4. The van der Waals surface area contributed by atoms with Crippen molar-refractivity contribution in [3.63, 3.8) is 0 Å². The first-order valence-corrected chi connectivity index (χ1v) is 21.3. The van der Waals surface area contributed by atoms with Crippen molar-refractivity contribution in [1.82, 2.24) is 8.96 Å². The molecule has 4 aliphatic rings. The number of nitrogens with zero attached hydrogens (tertiary/aromatic N) is 4. The lowest BCUT2D eigenvalue weighted by Gasteiger charge is -2.35. The first-order valence-electron chi connectivity index (χ1n) is 21.3. The fourth-order valence-electron chi connectivity index (χ4n) is 11.5. The van der Waals surface area contributed by atoms with Crippen molar-refractivity contribution >= 4 is 91.6 Å². The van der Waals surface area contributed by atoms with Crippen molar-refractivity contribution in [2.75, 3.05) is 9.62 Å². The number of fused-ring (bicyclic) bond motifs is 23. The van der Waals surface area contributed by atoms with Crippen LogP contribution in [0, 0.1) is 27.7 Å². The van der Waals surface area contributed by atoms with Crippen LogP contribution in [0.3, 0.4) is 0 Å². The van der Waals surface area contributed by atoms with Gasteiger partial charge >= 0.3 is 14.0 Å². The summed E-state index contributed by atoms with van der Waals surface area (Å²) >= 11 is 0. The summed E-state index contributed by atoms with van der Waals surface area (Å²) < 4.78 is 13.0. The van der Waals surface area contributed by atoms with Crippen molar-refractivity contribution in [2.24, 2.45) is 0 Å². The van der Waals surface area contributed by atoms with Gasteiger partial charge in [0, 0.05) is 66.2 Å². The van der Waals surface area contributed by atoms with Crippen LogP contribution in [-0.4, -0.2) is 22.9 Å². The van der Waals surface area contributed by atoms with Crippen molar-refractivity contribution in [3.05, 3.63) is 130 Å². The Hall–Kier alpha value is -6.07. The number of benzene rings is 6. The van der Waals surface area contributed by atoms with Crippen LogP contribution in [0.1, 0.15) is 74.9 Å². The summed E-state index contributed by atoms with van der Waals surface area (Å²) in [6.07, 6.45) is 0. The second kappa shape index (κ2) is 10.6. The van der Waals surface area contributed by atoms with Gasteiger partial charge in [0.1, 0.15) is 11.3 Å². The first-order chi connectivity index (χ1) is 28.2. The zero-order valence-electron chi connectivity index (χ0n) is 35.6. The molecule has 3 aromatic heterocycles. The summed E-state index contributed by atoms with van der Waals surface area (Å²) in [5.74, 6) is 0. The van der Waals surface area contributed by atoms with Gasteiger partial charge in [-0.1, -0.05) is 102 Å². The van der Waals surface area contributed by atoms with E-state index in [1.807, 2.05) is 0 Å². The highest BCUT2D eigenvalue weighted by molar-refractivity contribution is 6.85. The molecule has 0 fully saturated rings. The number of hydrogen-bond acceptors (Lipinski definition) is 3. The predicted octanol–water partition coefficient (Wildman–Crippen LogP) is 12.1. The summed E-state index contributed by atoms with van der Waals surface area (Å²) in [6, 6.07) is 37.4. The lowest BCUT2D eigenvalue weighted by Crippen LogP contribution is -2.52. The van der Waals surface area contributed by atoms with E-state index < -0.39 is 0 Å². The average molecular weight is 765 g/mol. The Morgan fingerprint density at radius 3 is 1.29 bits per heavy atom. The van der Waals surface area contributed by atoms with Crippen LogP contribution in [0.15, 0.2) is 101 Å². The minimum Gasteiger partial charge on any atom is -0.474 e. The fraction of sp³-hybridized carbons (Fsp3) is 0.231.